The molecule has 1 fully saturated rings. The average molecular weight is 478 g/mol. The molecule has 0 amide bonds. The van der Waals surface area contributed by atoms with Gasteiger partial charge < -0.3 is 49.2 Å². The van der Waals surface area contributed by atoms with E-state index in [0.29, 0.717) is 0 Å². The van der Waals surface area contributed by atoms with Crippen LogP contribution >= 0.6 is 0 Å². The van der Waals surface area contributed by atoms with Crippen LogP contribution in [-0.4, -0.2) is 82.7 Å². The Balaban J connectivity index is 1.59. The third-order valence-corrected chi connectivity index (χ3v) is 5.71. The van der Waals surface area contributed by atoms with Crippen LogP contribution in [-0.2, 0) is 14.2 Å². The van der Waals surface area contributed by atoms with Gasteiger partial charge in [0.05, 0.1) is 25.3 Å². The molecule has 4 rings (SSSR count). The normalized spacial score (nSPS) is 25.5. The summed E-state index contributed by atoms with van der Waals surface area (Å²) >= 11 is 0. The van der Waals surface area contributed by atoms with Gasteiger partial charge in [0.25, 0.3) is 0 Å². The standard InChI is InChI=1S/C22H22O12/c1-30-12-5-8(3-4-10(12)23)21(28)32-7-13-15(25)17(27)20-19(33-13)14-9(22(29)34-20)6-11(24)18(31-2)16(14)26/h3-6,13,15,17,19-20,23-27H,7H2,1-2H3/t13-,15-,17+,19+,20-/m1/s1. The predicted octanol–water partition coefficient (Wildman–Crippen LogP) is 0.378. The molecule has 0 unspecified atom stereocenters. The first-order valence-electron chi connectivity index (χ1n) is 10.1. The number of benzene rings is 2. The van der Waals surface area contributed by atoms with Crippen molar-refractivity contribution in [2.45, 2.75) is 30.5 Å². The van der Waals surface area contributed by atoms with Crippen LogP contribution in [0.1, 0.15) is 32.4 Å². The van der Waals surface area contributed by atoms with Crippen molar-refractivity contribution in [3.05, 3.63) is 41.0 Å². The summed E-state index contributed by atoms with van der Waals surface area (Å²) in [5.41, 5.74) is -0.276. The summed E-state index contributed by atoms with van der Waals surface area (Å²) in [5.74, 6) is -3.33. The van der Waals surface area contributed by atoms with Gasteiger partial charge in [0.15, 0.2) is 29.1 Å². The zero-order valence-electron chi connectivity index (χ0n) is 18.0. The topological polar surface area (TPSA) is 181 Å². The van der Waals surface area contributed by atoms with Crippen LogP contribution in [0.4, 0.5) is 0 Å². The Morgan fingerprint density at radius 3 is 2.44 bits per heavy atom. The maximum Gasteiger partial charge on any atom is 0.339 e. The van der Waals surface area contributed by atoms with Crippen molar-refractivity contribution in [2.24, 2.45) is 0 Å². The Morgan fingerprint density at radius 1 is 1.03 bits per heavy atom. The summed E-state index contributed by atoms with van der Waals surface area (Å²) < 4.78 is 26.1. The summed E-state index contributed by atoms with van der Waals surface area (Å²) in [6.45, 7) is -0.511. The van der Waals surface area contributed by atoms with Crippen molar-refractivity contribution >= 4 is 11.9 Å². The van der Waals surface area contributed by atoms with Gasteiger partial charge in [-0.1, -0.05) is 0 Å². The summed E-state index contributed by atoms with van der Waals surface area (Å²) in [5, 5.41) is 51.4. The van der Waals surface area contributed by atoms with E-state index in [9.17, 15) is 35.1 Å². The fraction of sp³-hybridized carbons (Fsp3) is 0.364. The number of carbonyl (C=O) groups excluding carboxylic acids is 2. The van der Waals surface area contributed by atoms with Crippen LogP contribution in [0.15, 0.2) is 24.3 Å². The lowest BCUT2D eigenvalue weighted by atomic mass is 9.86. The molecule has 0 radical (unpaired) electrons. The molecule has 1 saturated heterocycles. The number of aliphatic hydroxyl groups is 2. The van der Waals surface area contributed by atoms with Crippen LogP contribution in [0.5, 0.6) is 28.7 Å². The highest BCUT2D eigenvalue weighted by Gasteiger charge is 2.52. The number of esters is 2. The Morgan fingerprint density at radius 2 is 1.76 bits per heavy atom. The second kappa shape index (κ2) is 8.89. The van der Waals surface area contributed by atoms with Gasteiger partial charge in [0.1, 0.15) is 31.0 Å². The van der Waals surface area contributed by atoms with E-state index in [1.807, 2.05) is 0 Å². The summed E-state index contributed by atoms with van der Waals surface area (Å²) in [6.07, 6.45) is -7.18. The minimum Gasteiger partial charge on any atom is -0.504 e. The van der Waals surface area contributed by atoms with E-state index in [4.69, 9.17) is 23.7 Å². The van der Waals surface area contributed by atoms with E-state index in [0.717, 1.165) is 6.07 Å². The molecule has 34 heavy (non-hydrogen) atoms. The zero-order valence-corrected chi connectivity index (χ0v) is 18.0. The first kappa shape index (κ1) is 23.4. The molecule has 5 atom stereocenters. The molecular formula is C22H22O12. The lowest BCUT2D eigenvalue weighted by Gasteiger charge is -2.44. The monoisotopic (exact) mass is 478 g/mol. The largest absolute Gasteiger partial charge is 0.504 e. The number of aromatic hydroxyl groups is 3. The molecule has 12 nitrogen and oxygen atoms in total. The molecule has 0 aromatic heterocycles. The molecule has 2 aromatic rings. The summed E-state index contributed by atoms with van der Waals surface area (Å²) in [6, 6.07) is 4.83. The van der Waals surface area contributed by atoms with E-state index in [1.165, 1.54) is 32.4 Å². The Bertz CT molecular complexity index is 1130. The average Bonchev–Trinajstić information content (AvgIpc) is 2.81. The second-order valence-electron chi connectivity index (χ2n) is 7.67. The van der Waals surface area contributed by atoms with Gasteiger partial charge in [-0.05, 0) is 24.3 Å². The highest BCUT2D eigenvalue weighted by Crippen LogP contribution is 2.49. The van der Waals surface area contributed by atoms with Crippen LogP contribution in [0.25, 0.3) is 0 Å². The molecule has 2 aliphatic rings. The van der Waals surface area contributed by atoms with Crippen LogP contribution < -0.4 is 9.47 Å². The summed E-state index contributed by atoms with van der Waals surface area (Å²) in [7, 11) is 2.51. The van der Waals surface area contributed by atoms with Gasteiger partial charge in [0, 0.05) is 5.56 Å². The fourth-order valence-corrected chi connectivity index (χ4v) is 3.98. The van der Waals surface area contributed by atoms with Gasteiger partial charge in [-0.15, -0.1) is 0 Å². The number of hydrogen-bond acceptors (Lipinski definition) is 12. The van der Waals surface area contributed by atoms with Crippen molar-refractivity contribution in [1.82, 2.24) is 0 Å². The van der Waals surface area contributed by atoms with E-state index in [1.54, 1.807) is 0 Å². The van der Waals surface area contributed by atoms with E-state index >= 15 is 0 Å². The molecule has 12 heteroatoms. The van der Waals surface area contributed by atoms with Gasteiger partial charge in [-0.25, -0.2) is 9.59 Å². The molecule has 182 valence electrons. The summed E-state index contributed by atoms with van der Waals surface area (Å²) in [4.78, 5) is 24.8. The molecule has 0 spiro atoms. The van der Waals surface area contributed by atoms with Crippen molar-refractivity contribution in [2.75, 3.05) is 20.8 Å². The number of methoxy groups -OCH3 is 2. The van der Waals surface area contributed by atoms with Crippen molar-refractivity contribution in [3.63, 3.8) is 0 Å². The highest BCUT2D eigenvalue weighted by molar-refractivity contribution is 5.95. The number of aliphatic hydroxyl groups excluding tert-OH is 2. The molecule has 2 heterocycles. The number of carbonyl (C=O) groups is 2. The number of phenols is 3. The van der Waals surface area contributed by atoms with Crippen molar-refractivity contribution < 1.29 is 58.8 Å². The lowest BCUT2D eigenvalue weighted by molar-refractivity contribution is -0.235. The molecule has 0 bridgehead atoms. The molecular weight excluding hydrogens is 456 g/mol. The lowest BCUT2D eigenvalue weighted by Crippen LogP contribution is -2.58. The molecule has 2 aromatic carbocycles. The van der Waals surface area contributed by atoms with Gasteiger partial charge in [0.2, 0.25) is 5.75 Å². The minimum absolute atomic E-state index is 0.0492. The van der Waals surface area contributed by atoms with Crippen molar-refractivity contribution in [3.8, 4) is 28.7 Å². The number of fused-ring (bicyclic) bond motifs is 3. The smallest absolute Gasteiger partial charge is 0.339 e. The Hall–Kier alpha value is -3.74. The van der Waals surface area contributed by atoms with Crippen LogP contribution in [0.2, 0.25) is 0 Å². The fourth-order valence-electron chi connectivity index (χ4n) is 3.98. The van der Waals surface area contributed by atoms with E-state index in [2.05, 4.69) is 0 Å². The predicted molar refractivity (Wildman–Crippen MR) is 110 cm³/mol. The van der Waals surface area contributed by atoms with E-state index in [-0.39, 0.29) is 33.9 Å². The molecule has 0 saturated carbocycles. The number of hydrogen-bond donors (Lipinski definition) is 5. The molecule has 5 N–H and O–H groups in total. The van der Waals surface area contributed by atoms with Gasteiger partial charge in [-0.3, -0.25) is 0 Å². The molecule has 2 aliphatic heterocycles. The maximum atomic E-state index is 12.4. The number of phenolic OH excluding ortho intramolecular Hbond substituents is 3. The third kappa shape index (κ3) is 3.81. The van der Waals surface area contributed by atoms with Crippen LogP contribution in [0, 0.1) is 0 Å². The number of rotatable bonds is 5. The second-order valence-corrected chi connectivity index (χ2v) is 7.67. The number of ether oxygens (including phenoxy) is 5. The van der Waals surface area contributed by atoms with Gasteiger partial charge >= 0.3 is 11.9 Å². The van der Waals surface area contributed by atoms with Gasteiger partial charge in [-0.2, -0.15) is 0 Å². The quantitative estimate of drug-likeness (QED) is 0.373. The molecule has 0 aliphatic carbocycles. The van der Waals surface area contributed by atoms with Crippen LogP contribution in [0.3, 0.4) is 0 Å². The van der Waals surface area contributed by atoms with E-state index < -0.39 is 60.6 Å². The maximum absolute atomic E-state index is 12.4. The highest BCUT2D eigenvalue weighted by atomic mass is 16.6. The zero-order chi connectivity index (χ0) is 24.7. The minimum atomic E-state index is -1.65. The third-order valence-electron chi connectivity index (χ3n) is 5.71. The Kier molecular flexibility index (Phi) is 6.13. The first-order valence-corrected chi connectivity index (χ1v) is 10.1. The SMILES string of the molecule is COc1cc(C(=O)OC[C@H]2O[C@H]3c4c(cc(O)c(OC)c4O)C(=O)O[C@@H]3[C@@H](O)[C@@H]2O)ccc1O. The van der Waals surface area contributed by atoms with Crippen molar-refractivity contribution in [1.29, 1.82) is 0 Å². The first-order chi connectivity index (χ1) is 16.2. The Labute approximate surface area is 192 Å².